The predicted octanol–water partition coefficient (Wildman–Crippen LogP) is 5.33. The molecule has 6 heteroatoms. The van der Waals surface area contributed by atoms with Gasteiger partial charge < -0.3 is 10.1 Å². The topological polar surface area (TPSA) is 34.2 Å². The van der Waals surface area contributed by atoms with E-state index in [4.69, 9.17) is 39.5 Å². The van der Waals surface area contributed by atoms with E-state index in [2.05, 4.69) is 24.1 Å². The predicted molar refractivity (Wildman–Crippen MR) is 87.8 cm³/mol. The van der Waals surface area contributed by atoms with Crippen LogP contribution < -0.4 is 10.1 Å². The number of halogens is 3. The molecule has 1 N–H and O–H groups in total. The number of aromatic nitrogens is 1. The molecule has 0 saturated heterocycles. The smallest absolute Gasteiger partial charge is 0.219 e. The number of nitrogens with zero attached hydrogens (tertiary/aromatic N) is 1. The van der Waals surface area contributed by atoms with Crippen molar-refractivity contribution >= 4 is 34.8 Å². The molecule has 112 valence electrons. The maximum absolute atomic E-state index is 6.09. The zero-order chi connectivity index (χ0) is 15.4. The molecule has 0 aliphatic heterocycles. The van der Waals surface area contributed by atoms with E-state index in [1.165, 1.54) is 0 Å². The van der Waals surface area contributed by atoms with E-state index in [1.807, 2.05) is 12.1 Å². The summed E-state index contributed by atoms with van der Waals surface area (Å²) < 4.78 is 5.68. The van der Waals surface area contributed by atoms with E-state index in [1.54, 1.807) is 18.3 Å². The van der Waals surface area contributed by atoms with Gasteiger partial charge in [-0.1, -0.05) is 48.7 Å². The number of hydrogen-bond acceptors (Lipinski definition) is 3. The Morgan fingerprint density at radius 3 is 2.52 bits per heavy atom. The molecular formula is C15H15Cl3N2O. The highest BCUT2D eigenvalue weighted by Gasteiger charge is 2.09. The SMILES string of the molecule is CC(C)NCc1ccnc(Oc2cc(Cl)c(Cl)cc2Cl)c1. The van der Waals surface area contributed by atoms with Crippen LogP contribution >= 0.6 is 34.8 Å². The minimum Gasteiger partial charge on any atom is -0.437 e. The summed E-state index contributed by atoms with van der Waals surface area (Å²) in [5.74, 6) is 0.880. The van der Waals surface area contributed by atoms with Crippen molar-refractivity contribution in [2.75, 3.05) is 0 Å². The summed E-state index contributed by atoms with van der Waals surface area (Å²) in [6.07, 6.45) is 1.69. The molecule has 1 aromatic heterocycles. The van der Waals surface area contributed by atoms with E-state index >= 15 is 0 Å². The molecule has 2 rings (SSSR count). The molecule has 0 bridgehead atoms. The molecule has 3 nitrogen and oxygen atoms in total. The standard InChI is InChI=1S/C15H15Cl3N2O/c1-9(2)20-8-10-3-4-19-15(5-10)21-14-7-12(17)11(16)6-13(14)18/h3-7,9,20H,8H2,1-2H3. The highest BCUT2D eigenvalue weighted by atomic mass is 35.5. The van der Waals surface area contributed by atoms with Crippen LogP contribution in [0.25, 0.3) is 0 Å². The summed E-state index contributed by atoms with van der Waals surface area (Å²) in [5.41, 5.74) is 1.07. The number of ether oxygens (including phenoxy) is 1. The number of nitrogens with one attached hydrogen (secondary N) is 1. The van der Waals surface area contributed by atoms with E-state index in [-0.39, 0.29) is 0 Å². The fourth-order valence-corrected chi connectivity index (χ4v) is 2.21. The second-order valence-corrected chi connectivity index (χ2v) is 6.06. The van der Waals surface area contributed by atoms with Gasteiger partial charge in [0.05, 0.1) is 15.1 Å². The van der Waals surface area contributed by atoms with Crippen LogP contribution in [-0.2, 0) is 6.54 Å². The van der Waals surface area contributed by atoms with Gasteiger partial charge in [-0.2, -0.15) is 0 Å². The molecule has 1 aromatic carbocycles. The highest BCUT2D eigenvalue weighted by molar-refractivity contribution is 6.43. The number of rotatable bonds is 5. The summed E-state index contributed by atoms with van der Waals surface area (Å²) in [7, 11) is 0. The van der Waals surface area contributed by atoms with Crippen molar-refractivity contribution in [3.63, 3.8) is 0 Å². The second kappa shape index (κ2) is 7.32. The normalized spacial score (nSPS) is 11.0. The lowest BCUT2D eigenvalue weighted by molar-refractivity contribution is 0.461. The van der Waals surface area contributed by atoms with Gasteiger partial charge in [-0.3, -0.25) is 0 Å². The zero-order valence-corrected chi connectivity index (χ0v) is 13.9. The van der Waals surface area contributed by atoms with E-state index in [9.17, 15) is 0 Å². The van der Waals surface area contributed by atoms with Crippen molar-refractivity contribution in [2.45, 2.75) is 26.4 Å². The maximum atomic E-state index is 6.09. The monoisotopic (exact) mass is 344 g/mol. The van der Waals surface area contributed by atoms with Gasteiger partial charge in [0.15, 0.2) is 0 Å². The van der Waals surface area contributed by atoms with Gasteiger partial charge in [-0.15, -0.1) is 0 Å². The van der Waals surface area contributed by atoms with Crippen LogP contribution in [0.15, 0.2) is 30.5 Å². The fourth-order valence-electron chi connectivity index (χ4n) is 1.63. The van der Waals surface area contributed by atoms with E-state index < -0.39 is 0 Å². The average molecular weight is 346 g/mol. The third-order valence-corrected chi connectivity index (χ3v) is 3.72. The largest absolute Gasteiger partial charge is 0.437 e. The second-order valence-electron chi connectivity index (χ2n) is 4.84. The van der Waals surface area contributed by atoms with Gasteiger partial charge in [0.1, 0.15) is 5.75 Å². The molecule has 0 aliphatic carbocycles. The van der Waals surface area contributed by atoms with Crippen molar-refractivity contribution in [1.29, 1.82) is 0 Å². The van der Waals surface area contributed by atoms with Crippen LogP contribution in [0, 0.1) is 0 Å². The van der Waals surface area contributed by atoms with Gasteiger partial charge >= 0.3 is 0 Å². The van der Waals surface area contributed by atoms with Gasteiger partial charge in [0.25, 0.3) is 0 Å². The van der Waals surface area contributed by atoms with E-state index in [0.29, 0.717) is 32.7 Å². The Kier molecular flexibility index (Phi) is 5.71. The van der Waals surface area contributed by atoms with Crippen LogP contribution in [0.2, 0.25) is 15.1 Å². The van der Waals surface area contributed by atoms with Crippen molar-refractivity contribution in [1.82, 2.24) is 10.3 Å². The Morgan fingerprint density at radius 1 is 1.10 bits per heavy atom. The summed E-state index contributed by atoms with van der Waals surface area (Å²) in [6.45, 7) is 4.92. The van der Waals surface area contributed by atoms with Crippen LogP contribution in [0.1, 0.15) is 19.4 Å². The van der Waals surface area contributed by atoms with Crippen molar-refractivity contribution in [3.05, 3.63) is 51.1 Å². The molecule has 0 spiro atoms. The Labute approximate surface area is 139 Å². The Hall–Kier alpha value is -1.000. The van der Waals surface area contributed by atoms with Gasteiger partial charge in [-0.25, -0.2) is 4.98 Å². The van der Waals surface area contributed by atoms with Gasteiger partial charge in [0, 0.05) is 30.9 Å². The van der Waals surface area contributed by atoms with Crippen LogP contribution in [0.4, 0.5) is 0 Å². The molecule has 0 amide bonds. The Bertz CT molecular complexity index is 632. The van der Waals surface area contributed by atoms with E-state index in [0.717, 1.165) is 12.1 Å². The first-order chi connectivity index (χ1) is 9.95. The lowest BCUT2D eigenvalue weighted by Crippen LogP contribution is -2.21. The van der Waals surface area contributed by atoms with Crippen LogP contribution in [-0.4, -0.2) is 11.0 Å². The third-order valence-electron chi connectivity index (χ3n) is 2.70. The quantitative estimate of drug-likeness (QED) is 0.743. The number of pyridine rings is 1. The molecule has 1 heterocycles. The number of benzene rings is 1. The van der Waals surface area contributed by atoms with Gasteiger partial charge in [-0.05, 0) is 17.7 Å². The third kappa shape index (κ3) is 4.75. The molecule has 2 aromatic rings. The molecular weight excluding hydrogens is 331 g/mol. The first kappa shape index (κ1) is 16.4. The lowest BCUT2D eigenvalue weighted by Gasteiger charge is -2.11. The first-order valence-corrected chi connectivity index (χ1v) is 7.60. The highest BCUT2D eigenvalue weighted by Crippen LogP contribution is 2.35. The molecule has 0 unspecified atom stereocenters. The minimum atomic E-state index is 0.383. The van der Waals surface area contributed by atoms with Crippen molar-refractivity contribution in [3.8, 4) is 11.6 Å². The minimum absolute atomic E-state index is 0.383. The summed E-state index contributed by atoms with van der Waals surface area (Å²) in [4.78, 5) is 4.17. The average Bonchev–Trinajstić information content (AvgIpc) is 2.43. The fraction of sp³-hybridized carbons (Fsp3) is 0.267. The molecule has 0 saturated carbocycles. The lowest BCUT2D eigenvalue weighted by atomic mass is 10.2. The molecule has 0 fully saturated rings. The number of hydrogen-bond donors (Lipinski definition) is 1. The van der Waals surface area contributed by atoms with Crippen LogP contribution in [0.3, 0.4) is 0 Å². The van der Waals surface area contributed by atoms with Gasteiger partial charge in [0.2, 0.25) is 5.88 Å². The molecule has 0 atom stereocenters. The Balaban J connectivity index is 2.16. The zero-order valence-electron chi connectivity index (χ0n) is 11.7. The molecule has 21 heavy (non-hydrogen) atoms. The van der Waals surface area contributed by atoms with Crippen molar-refractivity contribution < 1.29 is 4.74 Å². The Morgan fingerprint density at radius 2 is 1.81 bits per heavy atom. The van der Waals surface area contributed by atoms with Crippen LogP contribution in [0.5, 0.6) is 11.6 Å². The first-order valence-electron chi connectivity index (χ1n) is 6.46. The summed E-state index contributed by atoms with van der Waals surface area (Å²) in [5, 5.41) is 4.49. The summed E-state index contributed by atoms with van der Waals surface area (Å²) >= 11 is 17.9. The molecule has 0 aliphatic rings. The van der Waals surface area contributed by atoms with Crippen molar-refractivity contribution in [2.24, 2.45) is 0 Å². The maximum Gasteiger partial charge on any atom is 0.219 e. The molecule has 0 radical (unpaired) electrons. The summed E-state index contributed by atoms with van der Waals surface area (Å²) in [6, 6.07) is 7.32.